The average Bonchev–Trinajstić information content (AvgIpc) is 2.24. The average molecular weight is 228 g/mol. The van der Waals surface area contributed by atoms with Gasteiger partial charge >= 0.3 is 0 Å². The summed E-state index contributed by atoms with van der Waals surface area (Å²) in [7, 11) is 2.17. The molecule has 0 amide bonds. The minimum atomic E-state index is 0.571. The fourth-order valence-electron chi connectivity index (χ4n) is 2.14. The molecule has 0 saturated heterocycles. The molecule has 96 valence electrons. The van der Waals surface area contributed by atoms with E-state index in [1.54, 1.807) is 0 Å². The second-order valence-corrected chi connectivity index (χ2v) is 4.85. The van der Waals surface area contributed by atoms with Crippen LogP contribution in [-0.2, 0) is 4.74 Å². The first-order valence-corrected chi connectivity index (χ1v) is 6.77. The number of nitrogens with one attached hydrogen (secondary N) is 1. The van der Waals surface area contributed by atoms with Gasteiger partial charge in [0.1, 0.15) is 0 Å². The van der Waals surface area contributed by atoms with Crippen molar-refractivity contribution < 1.29 is 4.74 Å². The van der Waals surface area contributed by atoms with Crippen LogP contribution in [0.4, 0.5) is 0 Å². The van der Waals surface area contributed by atoms with E-state index in [2.05, 4.69) is 31.1 Å². The van der Waals surface area contributed by atoms with Crippen molar-refractivity contribution >= 4 is 0 Å². The SMILES string of the molecule is CCOC1CC(CCNCCN(C)CC)C1. The minimum Gasteiger partial charge on any atom is -0.378 e. The summed E-state index contributed by atoms with van der Waals surface area (Å²) in [5.74, 6) is 0.910. The van der Waals surface area contributed by atoms with Crippen molar-refractivity contribution in [2.24, 2.45) is 5.92 Å². The molecule has 1 fully saturated rings. The molecule has 3 heteroatoms. The molecule has 0 aliphatic heterocycles. The Morgan fingerprint density at radius 2 is 2.00 bits per heavy atom. The van der Waals surface area contributed by atoms with Crippen LogP contribution in [0, 0.1) is 5.92 Å². The summed E-state index contributed by atoms with van der Waals surface area (Å²) < 4.78 is 5.55. The largest absolute Gasteiger partial charge is 0.378 e. The van der Waals surface area contributed by atoms with Crippen molar-refractivity contribution in [1.29, 1.82) is 0 Å². The molecule has 0 spiro atoms. The molecule has 0 bridgehead atoms. The zero-order valence-corrected chi connectivity index (χ0v) is 11.2. The van der Waals surface area contributed by atoms with Gasteiger partial charge in [0.15, 0.2) is 0 Å². The van der Waals surface area contributed by atoms with E-state index in [1.807, 2.05) is 0 Å². The van der Waals surface area contributed by atoms with Crippen LogP contribution in [0.15, 0.2) is 0 Å². The minimum absolute atomic E-state index is 0.571. The highest BCUT2D eigenvalue weighted by Crippen LogP contribution is 2.32. The Morgan fingerprint density at radius 1 is 1.25 bits per heavy atom. The van der Waals surface area contributed by atoms with Gasteiger partial charge in [-0.25, -0.2) is 0 Å². The number of nitrogens with zero attached hydrogens (tertiary/aromatic N) is 1. The van der Waals surface area contributed by atoms with Crippen molar-refractivity contribution in [3.05, 3.63) is 0 Å². The Morgan fingerprint density at radius 3 is 2.62 bits per heavy atom. The van der Waals surface area contributed by atoms with Gasteiger partial charge < -0.3 is 15.0 Å². The van der Waals surface area contributed by atoms with Crippen molar-refractivity contribution in [2.45, 2.75) is 39.2 Å². The van der Waals surface area contributed by atoms with Crippen LogP contribution in [0.2, 0.25) is 0 Å². The van der Waals surface area contributed by atoms with Crippen LogP contribution in [0.1, 0.15) is 33.1 Å². The molecule has 0 radical (unpaired) electrons. The Labute approximate surface area is 101 Å². The van der Waals surface area contributed by atoms with Gasteiger partial charge in [-0.2, -0.15) is 0 Å². The van der Waals surface area contributed by atoms with Crippen LogP contribution in [0.3, 0.4) is 0 Å². The Kier molecular flexibility index (Phi) is 7.01. The number of hydrogen-bond acceptors (Lipinski definition) is 3. The Bertz CT molecular complexity index is 169. The third-order valence-electron chi connectivity index (χ3n) is 3.53. The van der Waals surface area contributed by atoms with Gasteiger partial charge in [-0.15, -0.1) is 0 Å². The number of ether oxygens (including phenoxy) is 1. The van der Waals surface area contributed by atoms with Gasteiger partial charge in [0.25, 0.3) is 0 Å². The summed E-state index contributed by atoms with van der Waals surface area (Å²) in [6, 6.07) is 0. The molecule has 0 aromatic carbocycles. The summed E-state index contributed by atoms with van der Waals surface area (Å²) in [6.07, 6.45) is 4.45. The molecule has 1 saturated carbocycles. The van der Waals surface area contributed by atoms with E-state index in [0.717, 1.165) is 32.2 Å². The highest BCUT2D eigenvalue weighted by Gasteiger charge is 2.28. The molecular formula is C13H28N2O. The van der Waals surface area contributed by atoms with E-state index in [-0.39, 0.29) is 0 Å². The molecule has 16 heavy (non-hydrogen) atoms. The Balaban J connectivity index is 1.83. The third-order valence-corrected chi connectivity index (χ3v) is 3.53. The maximum absolute atomic E-state index is 5.55. The summed E-state index contributed by atoms with van der Waals surface area (Å²) in [5.41, 5.74) is 0. The lowest BCUT2D eigenvalue weighted by Crippen LogP contribution is -2.35. The van der Waals surface area contributed by atoms with E-state index in [1.165, 1.54) is 25.8 Å². The number of hydrogen-bond donors (Lipinski definition) is 1. The smallest absolute Gasteiger partial charge is 0.0580 e. The fourth-order valence-corrected chi connectivity index (χ4v) is 2.14. The first kappa shape index (κ1) is 13.9. The first-order chi connectivity index (χ1) is 7.76. The monoisotopic (exact) mass is 228 g/mol. The molecule has 3 nitrogen and oxygen atoms in total. The summed E-state index contributed by atoms with van der Waals surface area (Å²) in [6.45, 7) is 9.73. The van der Waals surface area contributed by atoms with Crippen LogP contribution < -0.4 is 5.32 Å². The molecular weight excluding hydrogens is 200 g/mol. The van der Waals surface area contributed by atoms with Crippen LogP contribution >= 0.6 is 0 Å². The predicted octanol–water partition coefficient (Wildman–Crippen LogP) is 1.73. The molecule has 0 unspecified atom stereocenters. The highest BCUT2D eigenvalue weighted by atomic mass is 16.5. The molecule has 0 atom stereocenters. The van der Waals surface area contributed by atoms with Gasteiger partial charge in [0, 0.05) is 19.7 Å². The molecule has 0 aromatic heterocycles. The molecule has 1 N–H and O–H groups in total. The summed E-state index contributed by atoms with van der Waals surface area (Å²) in [4.78, 5) is 2.33. The van der Waals surface area contributed by atoms with Gasteiger partial charge in [0.05, 0.1) is 6.10 Å². The highest BCUT2D eigenvalue weighted by molar-refractivity contribution is 4.80. The molecule has 1 aliphatic carbocycles. The topological polar surface area (TPSA) is 24.5 Å². The lowest BCUT2D eigenvalue weighted by Gasteiger charge is -2.35. The lowest BCUT2D eigenvalue weighted by atomic mass is 9.80. The number of likely N-dealkylation sites (N-methyl/N-ethyl adjacent to an activating group) is 1. The first-order valence-electron chi connectivity index (χ1n) is 6.77. The van der Waals surface area contributed by atoms with Crippen molar-refractivity contribution in [2.75, 3.05) is 39.8 Å². The van der Waals surface area contributed by atoms with E-state index < -0.39 is 0 Å². The second kappa shape index (κ2) is 8.04. The van der Waals surface area contributed by atoms with Crippen LogP contribution in [0.25, 0.3) is 0 Å². The quantitative estimate of drug-likeness (QED) is 0.608. The van der Waals surface area contributed by atoms with Gasteiger partial charge in [-0.3, -0.25) is 0 Å². The van der Waals surface area contributed by atoms with Crippen molar-refractivity contribution in [3.63, 3.8) is 0 Å². The standard InChI is InChI=1S/C13H28N2O/c1-4-15(3)9-8-14-7-6-12-10-13(11-12)16-5-2/h12-14H,4-11H2,1-3H3. The van der Waals surface area contributed by atoms with Crippen molar-refractivity contribution in [3.8, 4) is 0 Å². The maximum atomic E-state index is 5.55. The van der Waals surface area contributed by atoms with E-state index in [9.17, 15) is 0 Å². The molecule has 0 heterocycles. The predicted molar refractivity (Wildman–Crippen MR) is 68.8 cm³/mol. The van der Waals surface area contributed by atoms with Crippen LogP contribution in [-0.4, -0.2) is 50.8 Å². The molecule has 1 rings (SSSR count). The van der Waals surface area contributed by atoms with Gasteiger partial charge in [-0.05, 0) is 52.2 Å². The fraction of sp³-hybridized carbons (Fsp3) is 1.00. The number of rotatable bonds is 9. The van der Waals surface area contributed by atoms with Gasteiger partial charge in [-0.1, -0.05) is 6.92 Å². The van der Waals surface area contributed by atoms with Crippen molar-refractivity contribution in [1.82, 2.24) is 10.2 Å². The lowest BCUT2D eigenvalue weighted by molar-refractivity contribution is -0.0263. The van der Waals surface area contributed by atoms with E-state index >= 15 is 0 Å². The molecule has 0 aromatic rings. The summed E-state index contributed by atoms with van der Waals surface area (Å²) >= 11 is 0. The Hall–Kier alpha value is -0.120. The maximum Gasteiger partial charge on any atom is 0.0580 e. The normalized spacial score (nSPS) is 24.8. The summed E-state index contributed by atoms with van der Waals surface area (Å²) in [5, 5.41) is 3.51. The van der Waals surface area contributed by atoms with E-state index in [0.29, 0.717) is 6.10 Å². The zero-order chi connectivity index (χ0) is 11.8. The molecule has 1 aliphatic rings. The zero-order valence-electron chi connectivity index (χ0n) is 11.2. The van der Waals surface area contributed by atoms with E-state index in [4.69, 9.17) is 4.74 Å². The van der Waals surface area contributed by atoms with Gasteiger partial charge in [0.2, 0.25) is 0 Å². The third kappa shape index (κ3) is 5.28. The second-order valence-electron chi connectivity index (χ2n) is 4.85. The van der Waals surface area contributed by atoms with Crippen LogP contribution in [0.5, 0.6) is 0 Å².